The van der Waals surface area contributed by atoms with E-state index in [0.717, 1.165) is 18.0 Å². The average molecular weight is 308 g/mol. The van der Waals surface area contributed by atoms with Gasteiger partial charge >= 0.3 is 0 Å². The molecule has 0 saturated carbocycles. The molecule has 0 spiro atoms. The minimum absolute atomic E-state index is 0.387. The number of benzene rings is 2. The van der Waals surface area contributed by atoms with Crippen molar-refractivity contribution in [3.8, 4) is 5.75 Å². The number of hydrogen-bond donors (Lipinski definition) is 2. The molecular formula is C20H24N2O. The van der Waals surface area contributed by atoms with Crippen LogP contribution in [-0.4, -0.2) is 29.1 Å². The number of para-hydroxylation sites is 1. The van der Waals surface area contributed by atoms with Gasteiger partial charge in [-0.2, -0.15) is 0 Å². The maximum Gasteiger partial charge on any atom is 0.120 e. The number of fused-ring (bicyclic) bond motifs is 3. The van der Waals surface area contributed by atoms with E-state index in [0.29, 0.717) is 17.8 Å². The fourth-order valence-corrected chi connectivity index (χ4v) is 4.28. The Balaban J connectivity index is 1.56. The van der Waals surface area contributed by atoms with E-state index in [2.05, 4.69) is 40.5 Å². The molecule has 2 aromatic rings. The largest absolute Gasteiger partial charge is 0.508 e. The Bertz CT molecular complexity index is 650. The molecule has 0 aliphatic carbocycles. The Hall–Kier alpha value is -1.84. The lowest BCUT2D eigenvalue weighted by molar-refractivity contribution is 0.0112. The zero-order valence-electron chi connectivity index (χ0n) is 13.4. The first-order chi connectivity index (χ1) is 11.3. The van der Waals surface area contributed by atoms with Crippen molar-refractivity contribution in [2.24, 2.45) is 5.92 Å². The Morgan fingerprint density at radius 2 is 1.65 bits per heavy atom. The van der Waals surface area contributed by atoms with Crippen LogP contribution in [0, 0.1) is 5.92 Å². The Kier molecular flexibility index (Phi) is 4.06. The van der Waals surface area contributed by atoms with Crippen LogP contribution < -0.4 is 5.32 Å². The number of nitrogens with one attached hydrogen (secondary N) is 1. The first kappa shape index (κ1) is 14.7. The molecule has 3 heterocycles. The highest BCUT2D eigenvalue weighted by Crippen LogP contribution is 2.41. The van der Waals surface area contributed by atoms with Crippen molar-refractivity contribution in [1.82, 2.24) is 10.2 Å². The second-order valence-electron chi connectivity index (χ2n) is 6.76. The van der Waals surface area contributed by atoms with Crippen molar-refractivity contribution in [1.29, 1.82) is 0 Å². The maximum absolute atomic E-state index is 10.0. The second kappa shape index (κ2) is 6.34. The van der Waals surface area contributed by atoms with Gasteiger partial charge in [-0.3, -0.25) is 4.90 Å². The van der Waals surface area contributed by atoms with Crippen molar-refractivity contribution in [3.63, 3.8) is 0 Å². The Morgan fingerprint density at radius 1 is 0.957 bits per heavy atom. The standard InChI is InChI=1S/C20H24N2O/c23-18-9-5-4-8-17(18)14-21-19-15-10-12-22(13-11-15)20(19)16-6-2-1-3-7-16/h1-9,15,19-21,23H,10-14H2. The lowest BCUT2D eigenvalue weighted by Crippen LogP contribution is -2.57. The molecule has 23 heavy (non-hydrogen) atoms. The van der Waals surface area contributed by atoms with E-state index < -0.39 is 0 Å². The van der Waals surface area contributed by atoms with Crippen molar-refractivity contribution in [3.05, 3.63) is 65.7 Å². The number of aromatic hydroxyl groups is 1. The first-order valence-corrected chi connectivity index (χ1v) is 8.62. The molecule has 2 N–H and O–H groups in total. The Labute approximate surface area is 138 Å². The zero-order valence-corrected chi connectivity index (χ0v) is 13.4. The third-order valence-corrected chi connectivity index (χ3v) is 5.48. The summed E-state index contributed by atoms with van der Waals surface area (Å²) in [6.07, 6.45) is 2.56. The van der Waals surface area contributed by atoms with Crippen LogP contribution in [0.1, 0.15) is 30.0 Å². The van der Waals surface area contributed by atoms with E-state index in [1.807, 2.05) is 18.2 Å². The molecule has 2 unspecified atom stereocenters. The molecule has 3 heteroatoms. The summed E-state index contributed by atoms with van der Waals surface area (Å²) in [4.78, 5) is 2.62. The fourth-order valence-electron chi connectivity index (χ4n) is 4.28. The first-order valence-electron chi connectivity index (χ1n) is 8.62. The molecule has 120 valence electrons. The number of phenols is 1. The van der Waals surface area contributed by atoms with Crippen LogP contribution in [0.15, 0.2) is 54.6 Å². The van der Waals surface area contributed by atoms with Gasteiger partial charge in [0, 0.05) is 18.2 Å². The third-order valence-electron chi connectivity index (χ3n) is 5.48. The van der Waals surface area contributed by atoms with Crippen molar-refractivity contribution in [2.75, 3.05) is 13.1 Å². The number of hydrogen-bond acceptors (Lipinski definition) is 3. The number of rotatable bonds is 4. The molecule has 3 aliphatic heterocycles. The summed E-state index contributed by atoms with van der Waals surface area (Å²) in [6.45, 7) is 3.14. The number of phenolic OH excluding ortho intramolecular Hbond substituents is 1. The van der Waals surface area contributed by atoms with Crippen molar-refractivity contribution >= 4 is 0 Å². The predicted octanol–water partition coefficient (Wildman–Crippen LogP) is 3.32. The lowest BCUT2D eigenvalue weighted by Gasteiger charge is -2.51. The predicted molar refractivity (Wildman–Crippen MR) is 92.2 cm³/mol. The minimum atomic E-state index is 0.387. The molecule has 0 aromatic heterocycles. The van der Waals surface area contributed by atoms with Gasteiger partial charge in [-0.05, 0) is 43.5 Å². The Morgan fingerprint density at radius 3 is 2.39 bits per heavy atom. The van der Waals surface area contributed by atoms with E-state index in [1.54, 1.807) is 6.07 Å². The monoisotopic (exact) mass is 308 g/mol. The van der Waals surface area contributed by atoms with Crippen LogP contribution in [0.3, 0.4) is 0 Å². The summed E-state index contributed by atoms with van der Waals surface area (Å²) in [5.74, 6) is 1.12. The highest BCUT2D eigenvalue weighted by Gasteiger charge is 2.42. The van der Waals surface area contributed by atoms with Gasteiger partial charge < -0.3 is 10.4 Å². The van der Waals surface area contributed by atoms with Crippen LogP contribution in [0.5, 0.6) is 5.75 Å². The smallest absolute Gasteiger partial charge is 0.120 e. The van der Waals surface area contributed by atoms with E-state index in [9.17, 15) is 5.11 Å². The van der Waals surface area contributed by atoms with Gasteiger partial charge in [-0.25, -0.2) is 0 Å². The van der Waals surface area contributed by atoms with Crippen LogP contribution in [-0.2, 0) is 6.54 Å². The number of piperidine rings is 3. The van der Waals surface area contributed by atoms with Crippen LogP contribution in [0.2, 0.25) is 0 Å². The van der Waals surface area contributed by atoms with Gasteiger partial charge in [-0.1, -0.05) is 48.5 Å². The van der Waals surface area contributed by atoms with Gasteiger partial charge in [0.25, 0.3) is 0 Å². The molecule has 3 saturated heterocycles. The molecular weight excluding hydrogens is 284 g/mol. The molecule has 2 atom stereocenters. The summed E-state index contributed by atoms with van der Waals surface area (Å²) >= 11 is 0. The SMILES string of the molecule is Oc1ccccc1CNC1C2CCN(CC2)C1c1ccccc1. The topological polar surface area (TPSA) is 35.5 Å². The highest BCUT2D eigenvalue weighted by molar-refractivity contribution is 5.32. The second-order valence-corrected chi connectivity index (χ2v) is 6.76. The van der Waals surface area contributed by atoms with Gasteiger partial charge in [0.15, 0.2) is 0 Å². The molecule has 3 aliphatic rings. The van der Waals surface area contributed by atoms with Crippen LogP contribution >= 0.6 is 0 Å². The maximum atomic E-state index is 10.0. The zero-order chi connectivity index (χ0) is 15.6. The fraction of sp³-hybridized carbons (Fsp3) is 0.400. The molecule has 2 aromatic carbocycles. The summed E-state index contributed by atoms with van der Waals surface area (Å²) in [6, 6.07) is 19.4. The summed E-state index contributed by atoms with van der Waals surface area (Å²) < 4.78 is 0. The molecule has 3 nitrogen and oxygen atoms in total. The van der Waals surface area contributed by atoms with E-state index >= 15 is 0 Å². The molecule has 0 radical (unpaired) electrons. The van der Waals surface area contributed by atoms with E-state index in [1.165, 1.54) is 31.5 Å². The van der Waals surface area contributed by atoms with E-state index in [-0.39, 0.29) is 0 Å². The molecule has 3 fully saturated rings. The molecule has 0 amide bonds. The lowest BCUT2D eigenvalue weighted by atomic mass is 9.76. The van der Waals surface area contributed by atoms with Crippen molar-refractivity contribution in [2.45, 2.75) is 31.5 Å². The summed E-state index contributed by atoms with van der Waals surface area (Å²) in [7, 11) is 0. The van der Waals surface area contributed by atoms with Crippen molar-refractivity contribution < 1.29 is 5.11 Å². The minimum Gasteiger partial charge on any atom is -0.508 e. The normalized spacial score (nSPS) is 29.6. The van der Waals surface area contributed by atoms with E-state index in [4.69, 9.17) is 0 Å². The summed E-state index contributed by atoms with van der Waals surface area (Å²) in [5, 5.41) is 13.8. The summed E-state index contributed by atoms with van der Waals surface area (Å²) in [5.41, 5.74) is 2.39. The molecule has 2 bridgehead atoms. The van der Waals surface area contributed by atoms with Crippen LogP contribution in [0.4, 0.5) is 0 Å². The average Bonchev–Trinajstić information content (AvgIpc) is 2.62. The van der Waals surface area contributed by atoms with Crippen LogP contribution in [0.25, 0.3) is 0 Å². The van der Waals surface area contributed by atoms with Gasteiger partial charge in [-0.15, -0.1) is 0 Å². The molecule has 5 rings (SSSR count). The quantitative estimate of drug-likeness (QED) is 0.909. The van der Waals surface area contributed by atoms with Gasteiger partial charge in [0.1, 0.15) is 5.75 Å². The number of nitrogens with zero attached hydrogens (tertiary/aromatic N) is 1. The third kappa shape index (κ3) is 2.87. The van der Waals surface area contributed by atoms with Gasteiger partial charge in [0.2, 0.25) is 0 Å². The van der Waals surface area contributed by atoms with Gasteiger partial charge in [0.05, 0.1) is 6.04 Å². The highest BCUT2D eigenvalue weighted by atomic mass is 16.3.